The van der Waals surface area contributed by atoms with Crippen molar-refractivity contribution in [3.05, 3.63) is 89.9 Å². The Labute approximate surface area is 193 Å². The van der Waals surface area contributed by atoms with Crippen LogP contribution in [-0.2, 0) is 13.1 Å². The van der Waals surface area contributed by atoms with E-state index in [9.17, 15) is 4.79 Å². The number of fused-ring (bicyclic) bond motifs is 1. The highest BCUT2D eigenvalue weighted by Gasteiger charge is 2.23. The van der Waals surface area contributed by atoms with Gasteiger partial charge >= 0.3 is 6.03 Å². The molecule has 1 aliphatic rings. The average molecular weight is 441 g/mol. The topological polar surface area (TPSA) is 66.3 Å². The number of carbonyl (C=O) groups excluding carboxylic acids is 1. The molecule has 0 aliphatic carbocycles. The third-order valence-electron chi connectivity index (χ3n) is 6.09. The zero-order valence-corrected chi connectivity index (χ0v) is 18.8. The number of benzene rings is 2. The summed E-state index contributed by atoms with van der Waals surface area (Å²) in [7, 11) is 0. The lowest BCUT2D eigenvalue weighted by Gasteiger charge is -2.34. The summed E-state index contributed by atoms with van der Waals surface area (Å²) in [5.74, 6) is 0.965. The number of piperazine rings is 1. The van der Waals surface area contributed by atoms with Crippen molar-refractivity contribution in [2.45, 2.75) is 20.0 Å². The van der Waals surface area contributed by atoms with E-state index in [4.69, 9.17) is 4.98 Å². The molecule has 168 valence electrons. The maximum atomic E-state index is 12.6. The number of rotatable bonds is 5. The Balaban J connectivity index is 1.22. The first-order valence-electron chi connectivity index (χ1n) is 11.4. The maximum Gasteiger partial charge on any atom is 0.317 e. The van der Waals surface area contributed by atoms with E-state index in [1.807, 2.05) is 35.2 Å². The van der Waals surface area contributed by atoms with Crippen LogP contribution in [0.1, 0.15) is 17.0 Å². The predicted octanol–water partition coefficient (Wildman–Crippen LogP) is 3.76. The first-order chi connectivity index (χ1) is 16.2. The van der Waals surface area contributed by atoms with Crippen LogP contribution >= 0.6 is 0 Å². The molecule has 0 atom stereocenters. The van der Waals surface area contributed by atoms with Crippen LogP contribution in [-0.4, -0.2) is 56.5 Å². The summed E-state index contributed by atoms with van der Waals surface area (Å²) >= 11 is 0. The Morgan fingerprint density at radius 2 is 1.70 bits per heavy atom. The quantitative estimate of drug-likeness (QED) is 0.513. The van der Waals surface area contributed by atoms with Gasteiger partial charge in [-0.1, -0.05) is 48.0 Å². The van der Waals surface area contributed by atoms with Crippen LogP contribution in [0.3, 0.4) is 0 Å². The van der Waals surface area contributed by atoms with Crippen LogP contribution in [0.15, 0.2) is 72.9 Å². The number of hydrogen-bond acceptors (Lipinski definition) is 4. The second-order valence-electron chi connectivity index (χ2n) is 8.45. The third kappa shape index (κ3) is 4.73. The van der Waals surface area contributed by atoms with E-state index in [1.165, 1.54) is 5.56 Å². The lowest BCUT2D eigenvalue weighted by atomic mass is 10.1. The molecule has 2 amide bonds. The van der Waals surface area contributed by atoms with Gasteiger partial charge in [0.1, 0.15) is 11.3 Å². The van der Waals surface area contributed by atoms with E-state index in [0.717, 1.165) is 41.3 Å². The molecule has 0 bridgehead atoms. The van der Waals surface area contributed by atoms with Crippen molar-refractivity contribution in [2.75, 3.05) is 26.2 Å². The molecule has 0 spiro atoms. The molecule has 5 rings (SSSR count). The van der Waals surface area contributed by atoms with Gasteiger partial charge in [0.25, 0.3) is 0 Å². The fourth-order valence-corrected chi connectivity index (χ4v) is 4.22. The van der Waals surface area contributed by atoms with Crippen LogP contribution in [0.4, 0.5) is 4.79 Å². The minimum atomic E-state index is -0.00375. The maximum absolute atomic E-state index is 12.6. The van der Waals surface area contributed by atoms with E-state index in [0.29, 0.717) is 26.2 Å². The highest BCUT2D eigenvalue weighted by Crippen LogP contribution is 2.21. The first kappa shape index (κ1) is 21.2. The normalized spacial score (nSPS) is 14.5. The third-order valence-corrected chi connectivity index (χ3v) is 6.09. The van der Waals surface area contributed by atoms with Crippen molar-refractivity contribution in [1.29, 1.82) is 0 Å². The largest absolute Gasteiger partial charge is 0.334 e. The molecule has 7 heteroatoms. The number of aryl methyl sites for hydroxylation is 1. The number of aromatic nitrogens is 3. The molecule has 1 saturated heterocycles. The highest BCUT2D eigenvalue weighted by atomic mass is 16.2. The molecule has 7 nitrogen and oxygen atoms in total. The summed E-state index contributed by atoms with van der Waals surface area (Å²) in [6, 6.07) is 22.4. The molecule has 1 aliphatic heterocycles. The Morgan fingerprint density at radius 3 is 2.45 bits per heavy atom. The van der Waals surface area contributed by atoms with Gasteiger partial charge in [-0.15, -0.1) is 0 Å². The molecule has 2 aromatic heterocycles. The number of amides is 2. The van der Waals surface area contributed by atoms with E-state index in [2.05, 4.69) is 63.1 Å². The molecule has 4 aromatic rings. The van der Waals surface area contributed by atoms with Crippen LogP contribution in [0.5, 0.6) is 0 Å². The Morgan fingerprint density at radius 1 is 0.939 bits per heavy atom. The summed E-state index contributed by atoms with van der Waals surface area (Å²) in [6.45, 7) is 6.34. The second-order valence-corrected chi connectivity index (χ2v) is 8.45. The number of pyridine rings is 1. The Kier molecular flexibility index (Phi) is 6.04. The number of nitrogens with one attached hydrogen (secondary N) is 1. The average Bonchev–Trinajstić information content (AvgIpc) is 3.22. The van der Waals surface area contributed by atoms with Gasteiger partial charge in [0.05, 0.1) is 6.54 Å². The second kappa shape index (κ2) is 9.42. The number of urea groups is 1. The van der Waals surface area contributed by atoms with Crippen molar-refractivity contribution in [2.24, 2.45) is 0 Å². The smallest absolute Gasteiger partial charge is 0.317 e. The van der Waals surface area contributed by atoms with Gasteiger partial charge in [0, 0.05) is 44.6 Å². The van der Waals surface area contributed by atoms with Crippen molar-refractivity contribution in [1.82, 2.24) is 29.7 Å². The molecule has 0 radical (unpaired) electrons. The SMILES string of the molecule is Cc1ccc(CNC(=O)N2CCN(Cc3nc4cccnc4n3-c3ccccc3)CC2)cc1. The minimum absolute atomic E-state index is 0.00375. The number of carbonyl (C=O) groups is 1. The predicted molar refractivity (Wildman–Crippen MR) is 129 cm³/mol. The number of hydrogen-bond donors (Lipinski definition) is 1. The monoisotopic (exact) mass is 440 g/mol. The van der Waals surface area contributed by atoms with E-state index in [-0.39, 0.29) is 6.03 Å². The lowest BCUT2D eigenvalue weighted by molar-refractivity contribution is 0.133. The highest BCUT2D eigenvalue weighted by molar-refractivity contribution is 5.74. The summed E-state index contributed by atoms with van der Waals surface area (Å²) in [6.07, 6.45) is 1.81. The van der Waals surface area contributed by atoms with E-state index >= 15 is 0 Å². The van der Waals surface area contributed by atoms with Gasteiger partial charge < -0.3 is 10.2 Å². The molecule has 1 N–H and O–H groups in total. The summed E-state index contributed by atoms with van der Waals surface area (Å²) < 4.78 is 2.13. The van der Waals surface area contributed by atoms with Crippen LogP contribution < -0.4 is 5.32 Å². The van der Waals surface area contributed by atoms with E-state index in [1.54, 1.807) is 6.20 Å². The van der Waals surface area contributed by atoms with Crippen molar-refractivity contribution < 1.29 is 4.79 Å². The minimum Gasteiger partial charge on any atom is -0.334 e. The van der Waals surface area contributed by atoms with Crippen molar-refractivity contribution in [3.8, 4) is 5.69 Å². The molecule has 2 aromatic carbocycles. The number of imidazole rings is 1. The molecule has 33 heavy (non-hydrogen) atoms. The number of para-hydroxylation sites is 1. The molecule has 0 saturated carbocycles. The fourth-order valence-electron chi connectivity index (χ4n) is 4.22. The molecule has 1 fully saturated rings. The lowest BCUT2D eigenvalue weighted by Crippen LogP contribution is -2.51. The van der Waals surface area contributed by atoms with Crippen molar-refractivity contribution >= 4 is 17.2 Å². The van der Waals surface area contributed by atoms with Crippen molar-refractivity contribution in [3.63, 3.8) is 0 Å². The molecule has 0 unspecified atom stereocenters. The summed E-state index contributed by atoms with van der Waals surface area (Å²) in [4.78, 5) is 26.3. The van der Waals surface area contributed by atoms with Gasteiger partial charge in [-0.05, 0) is 36.8 Å². The fraction of sp³-hybridized carbons (Fsp3) is 0.269. The summed E-state index contributed by atoms with van der Waals surface area (Å²) in [5.41, 5.74) is 5.15. The number of nitrogens with zero attached hydrogens (tertiary/aromatic N) is 5. The molecule has 3 heterocycles. The van der Waals surface area contributed by atoms with Crippen LogP contribution in [0.25, 0.3) is 16.9 Å². The Hall–Kier alpha value is -3.71. The van der Waals surface area contributed by atoms with Gasteiger partial charge in [0.2, 0.25) is 0 Å². The van der Waals surface area contributed by atoms with Gasteiger partial charge in [0.15, 0.2) is 5.65 Å². The Bertz CT molecular complexity index is 1230. The zero-order valence-electron chi connectivity index (χ0n) is 18.8. The molecular formula is C26H28N6O. The van der Waals surface area contributed by atoms with Gasteiger partial charge in [-0.2, -0.15) is 0 Å². The zero-order chi connectivity index (χ0) is 22.6. The standard InChI is InChI=1S/C26H28N6O/c1-20-9-11-21(12-10-20)18-28-26(33)31-16-14-30(15-17-31)19-24-29-23-8-5-13-27-25(23)32(24)22-6-3-2-4-7-22/h2-13H,14-19H2,1H3,(H,28,33). The van der Waals surface area contributed by atoms with Crippen LogP contribution in [0, 0.1) is 6.92 Å². The van der Waals surface area contributed by atoms with Crippen LogP contribution in [0.2, 0.25) is 0 Å². The summed E-state index contributed by atoms with van der Waals surface area (Å²) in [5, 5.41) is 3.04. The molecular weight excluding hydrogens is 412 g/mol. The van der Waals surface area contributed by atoms with Gasteiger partial charge in [-0.25, -0.2) is 14.8 Å². The van der Waals surface area contributed by atoms with E-state index < -0.39 is 0 Å². The van der Waals surface area contributed by atoms with Gasteiger partial charge in [-0.3, -0.25) is 9.47 Å². The first-order valence-corrected chi connectivity index (χ1v) is 11.4.